The summed E-state index contributed by atoms with van der Waals surface area (Å²) in [6.07, 6.45) is -9.79. The predicted molar refractivity (Wildman–Crippen MR) is 264 cm³/mol. The van der Waals surface area contributed by atoms with Crippen LogP contribution < -0.4 is 8.61 Å². The summed E-state index contributed by atoms with van der Waals surface area (Å²) in [6.45, 7) is 6.43. The maximum Gasteiger partial charge on any atom is 0.419 e. The van der Waals surface area contributed by atoms with Gasteiger partial charge in [0.25, 0.3) is 20.0 Å². The van der Waals surface area contributed by atoms with Crippen LogP contribution in [-0.4, -0.2) is 16.8 Å². The molecule has 2 heterocycles. The molecule has 0 N–H and O–H groups in total. The van der Waals surface area contributed by atoms with Crippen molar-refractivity contribution >= 4 is 90.8 Å². The highest BCUT2D eigenvalue weighted by Gasteiger charge is 2.37. The van der Waals surface area contributed by atoms with Gasteiger partial charge in [-0.05, 0) is 121 Å². The summed E-state index contributed by atoms with van der Waals surface area (Å²) in [4.78, 5) is 0.0335. The monoisotopic (exact) mass is 1050 g/mol. The van der Waals surface area contributed by atoms with E-state index in [1.165, 1.54) is 59.1 Å². The minimum absolute atomic E-state index is 0.0168. The average molecular weight is 1050 g/mol. The SMILES string of the molecule is Cc1ccc(S(=O)(=O)N(Cc2ccc(F)c(C(F)(F)F)c2)c2sc3ccccc3c2C)cc1.Cc1ccc(S(=O)(=O)N(Cc2ccc(F)c(C(F)(F)F)c2)c2sc3ccccc3c2C)cc1.PP. The molecule has 8 aromatic rings. The Labute approximate surface area is 401 Å². The highest BCUT2D eigenvalue weighted by molar-refractivity contribution is 7.93. The summed E-state index contributed by atoms with van der Waals surface area (Å²) in [6, 6.07) is 32.3. The van der Waals surface area contributed by atoms with Gasteiger partial charge in [0.05, 0.1) is 34.0 Å². The van der Waals surface area contributed by atoms with Gasteiger partial charge < -0.3 is 0 Å². The Morgan fingerprint density at radius 3 is 1.12 bits per heavy atom. The van der Waals surface area contributed by atoms with Crippen molar-refractivity contribution in [1.82, 2.24) is 0 Å². The molecule has 0 saturated heterocycles. The lowest BCUT2D eigenvalue weighted by atomic mass is 10.1. The van der Waals surface area contributed by atoms with Crippen LogP contribution >= 0.6 is 40.5 Å². The van der Waals surface area contributed by atoms with Crippen LogP contribution in [-0.2, 0) is 45.5 Å². The smallest absolute Gasteiger partial charge is 0.252 e. The first-order chi connectivity index (χ1) is 32.0. The molecule has 8 rings (SSSR count). The molecule has 0 spiro atoms. The summed E-state index contributed by atoms with van der Waals surface area (Å²) in [5, 5.41) is 2.51. The lowest BCUT2D eigenvalue weighted by molar-refractivity contribution is -0.140. The largest absolute Gasteiger partial charge is 0.419 e. The van der Waals surface area contributed by atoms with Crippen LogP contribution in [0.25, 0.3) is 20.2 Å². The van der Waals surface area contributed by atoms with E-state index in [2.05, 4.69) is 17.9 Å². The fraction of sp³-hybridized carbons (Fsp3) is 0.167. The van der Waals surface area contributed by atoms with Gasteiger partial charge in [0.15, 0.2) is 0 Å². The minimum atomic E-state index is -4.89. The Morgan fingerprint density at radius 2 is 0.809 bits per heavy atom. The third kappa shape index (κ3) is 11.4. The van der Waals surface area contributed by atoms with E-state index >= 15 is 0 Å². The fourth-order valence-corrected chi connectivity index (χ4v) is 13.0. The van der Waals surface area contributed by atoms with Gasteiger partial charge in [-0.1, -0.05) is 83.9 Å². The number of rotatable bonds is 10. The van der Waals surface area contributed by atoms with E-state index in [0.29, 0.717) is 45.4 Å². The van der Waals surface area contributed by atoms with Crippen LogP contribution in [0.3, 0.4) is 0 Å². The third-order valence-electron chi connectivity index (χ3n) is 10.6. The summed E-state index contributed by atoms with van der Waals surface area (Å²) in [5.74, 6) is -2.81. The van der Waals surface area contributed by atoms with Gasteiger partial charge in [0, 0.05) is 9.40 Å². The zero-order chi connectivity index (χ0) is 49.9. The Balaban J connectivity index is 0.000000216. The molecule has 0 radical (unpaired) electrons. The van der Waals surface area contributed by atoms with E-state index in [-0.39, 0.29) is 34.0 Å². The van der Waals surface area contributed by atoms with Gasteiger partial charge in [-0.25, -0.2) is 25.6 Å². The van der Waals surface area contributed by atoms with Crippen LogP contribution in [0.1, 0.15) is 44.5 Å². The van der Waals surface area contributed by atoms with E-state index in [9.17, 15) is 52.0 Å². The van der Waals surface area contributed by atoms with E-state index in [0.717, 1.165) is 39.9 Å². The molecule has 2 aromatic heterocycles. The Kier molecular flexibility index (Phi) is 16.1. The van der Waals surface area contributed by atoms with E-state index in [1.807, 2.05) is 62.4 Å². The third-order valence-corrected chi connectivity index (χ3v) is 17.0. The van der Waals surface area contributed by atoms with Crippen LogP contribution in [0, 0.1) is 39.3 Å². The lowest BCUT2D eigenvalue weighted by Crippen LogP contribution is -2.30. The van der Waals surface area contributed by atoms with Crippen LogP contribution in [0.4, 0.5) is 45.1 Å². The molecular formula is C48H42F8N2O4P2S4. The van der Waals surface area contributed by atoms with Crippen molar-refractivity contribution in [3.05, 3.63) is 190 Å². The second kappa shape index (κ2) is 21.0. The van der Waals surface area contributed by atoms with E-state index in [4.69, 9.17) is 0 Å². The molecular weight excluding hydrogens is 1010 g/mol. The standard InChI is InChI=1S/2C24H19F4NO2S2.H4P2/c2*1-15-7-10-18(11-8-15)33(30,31)29(23-16(2)19-5-3-4-6-22(19)32-23)14-17-9-12-21(25)20(13-17)24(26,27)28;1-2/h2*3-13H,14H2,1-2H3;1-2H2. The van der Waals surface area contributed by atoms with Crippen molar-refractivity contribution < 1.29 is 52.0 Å². The van der Waals surface area contributed by atoms with Crippen LogP contribution in [0.5, 0.6) is 0 Å². The molecule has 0 saturated carbocycles. The first-order valence-electron chi connectivity index (χ1n) is 20.2. The van der Waals surface area contributed by atoms with Crippen molar-refractivity contribution in [2.75, 3.05) is 8.61 Å². The van der Waals surface area contributed by atoms with Crippen LogP contribution in [0.15, 0.2) is 143 Å². The van der Waals surface area contributed by atoms with Crippen LogP contribution in [0.2, 0.25) is 0 Å². The number of aryl methyl sites for hydroxylation is 4. The minimum Gasteiger partial charge on any atom is -0.252 e. The number of hydrogen-bond donors (Lipinski definition) is 0. The average Bonchev–Trinajstić information content (AvgIpc) is 3.81. The molecule has 20 heteroatoms. The number of fused-ring (bicyclic) bond motifs is 2. The fourth-order valence-electron chi connectivity index (χ4n) is 7.11. The molecule has 6 nitrogen and oxygen atoms in total. The summed E-state index contributed by atoms with van der Waals surface area (Å²) < 4.78 is 166. The zero-order valence-corrected chi connectivity index (χ0v) is 42.0. The summed E-state index contributed by atoms with van der Waals surface area (Å²) in [7, 11) is -3.59. The zero-order valence-electron chi connectivity index (χ0n) is 36.5. The number of benzene rings is 6. The molecule has 0 fully saturated rings. The highest BCUT2D eigenvalue weighted by Crippen LogP contribution is 2.43. The van der Waals surface area contributed by atoms with E-state index < -0.39 is 55.2 Å². The quantitative estimate of drug-likeness (QED) is 0.101. The summed E-state index contributed by atoms with van der Waals surface area (Å²) in [5.41, 5.74) is 0.321. The number of sulfonamides is 2. The Bertz CT molecular complexity index is 3080. The van der Waals surface area contributed by atoms with Gasteiger partial charge in [-0.3, -0.25) is 8.61 Å². The Morgan fingerprint density at radius 1 is 0.485 bits per heavy atom. The summed E-state index contributed by atoms with van der Waals surface area (Å²) >= 11 is 2.48. The molecule has 0 amide bonds. The first kappa shape index (κ1) is 52.4. The normalized spacial score (nSPS) is 12.0. The molecule has 2 atom stereocenters. The van der Waals surface area contributed by atoms with Gasteiger partial charge in [0.1, 0.15) is 21.6 Å². The number of hydrogen-bond acceptors (Lipinski definition) is 6. The maximum atomic E-state index is 13.8. The molecule has 0 aliphatic heterocycles. The number of halogens is 8. The highest BCUT2D eigenvalue weighted by atomic mass is 32.2. The second-order valence-electron chi connectivity index (χ2n) is 15.3. The Hall–Kier alpha value is -4.96. The molecule has 0 aliphatic carbocycles. The molecule has 6 aromatic carbocycles. The molecule has 358 valence electrons. The van der Waals surface area contributed by atoms with Gasteiger partial charge in [0.2, 0.25) is 0 Å². The van der Waals surface area contributed by atoms with Crippen molar-refractivity contribution in [2.45, 2.75) is 62.9 Å². The van der Waals surface area contributed by atoms with Crippen molar-refractivity contribution in [3.8, 4) is 0 Å². The second-order valence-corrected chi connectivity index (χ2v) is 21.1. The topological polar surface area (TPSA) is 74.8 Å². The predicted octanol–water partition coefficient (Wildman–Crippen LogP) is 14.8. The van der Waals surface area contributed by atoms with Gasteiger partial charge in [-0.15, -0.1) is 40.5 Å². The lowest BCUT2D eigenvalue weighted by Gasteiger charge is -2.24. The van der Waals surface area contributed by atoms with Gasteiger partial charge in [-0.2, -0.15) is 26.3 Å². The molecule has 0 bridgehead atoms. The van der Waals surface area contributed by atoms with Crippen molar-refractivity contribution in [3.63, 3.8) is 0 Å². The molecule has 2 unspecified atom stereocenters. The first-order valence-corrected chi connectivity index (χ1v) is 27.3. The van der Waals surface area contributed by atoms with Gasteiger partial charge >= 0.3 is 12.4 Å². The molecule has 68 heavy (non-hydrogen) atoms. The van der Waals surface area contributed by atoms with Crippen molar-refractivity contribution in [2.24, 2.45) is 0 Å². The maximum absolute atomic E-state index is 13.8. The number of alkyl halides is 6. The number of anilines is 2. The van der Waals surface area contributed by atoms with Crippen molar-refractivity contribution in [1.29, 1.82) is 0 Å². The van der Waals surface area contributed by atoms with E-state index in [1.54, 1.807) is 38.1 Å². The number of thiophene rings is 2. The molecule has 0 aliphatic rings. The number of nitrogens with zero attached hydrogens (tertiary/aromatic N) is 2.